The molecule has 2 aromatic rings. The molecule has 7 heteroatoms. The molecule has 0 radical (unpaired) electrons. The molecule has 140 valence electrons. The number of hydrogen-bond donors (Lipinski definition) is 2. The second-order valence-corrected chi connectivity index (χ2v) is 5.72. The highest BCUT2D eigenvalue weighted by atomic mass is 127. The van der Waals surface area contributed by atoms with Crippen LogP contribution in [0.4, 0.5) is 0 Å². The molecule has 0 aromatic heterocycles. The van der Waals surface area contributed by atoms with Crippen molar-refractivity contribution < 1.29 is 14.2 Å². The zero-order chi connectivity index (χ0) is 17.5. The molecule has 1 aliphatic rings. The standard InChI is InChI=1S/C19H23N3O3.HI/c1-20-19(21-10-14-3-5-15(6-4-14)12-23-2)22-11-16-7-8-17-18(9-16)25-13-24-17;/h3-9H,10-13H2,1-2H3,(H2,20,21,22);1H. The van der Waals surface area contributed by atoms with E-state index in [0.29, 0.717) is 26.5 Å². The predicted octanol–water partition coefficient (Wildman–Crippen LogP) is 3.04. The van der Waals surface area contributed by atoms with Crippen LogP contribution in [0.25, 0.3) is 0 Å². The second kappa shape index (κ2) is 10.2. The molecular formula is C19H24IN3O3. The highest BCUT2D eigenvalue weighted by Gasteiger charge is 2.13. The van der Waals surface area contributed by atoms with Crippen molar-refractivity contribution >= 4 is 29.9 Å². The Bertz CT molecular complexity index is 735. The second-order valence-electron chi connectivity index (χ2n) is 5.72. The smallest absolute Gasteiger partial charge is 0.231 e. The third-order valence-corrected chi connectivity index (χ3v) is 3.91. The fraction of sp³-hybridized carbons (Fsp3) is 0.316. The van der Waals surface area contributed by atoms with Crippen LogP contribution in [0.15, 0.2) is 47.5 Å². The van der Waals surface area contributed by atoms with E-state index in [1.54, 1.807) is 14.2 Å². The summed E-state index contributed by atoms with van der Waals surface area (Å²) in [4.78, 5) is 4.26. The van der Waals surface area contributed by atoms with Gasteiger partial charge < -0.3 is 24.8 Å². The van der Waals surface area contributed by atoms with Crippen molar-refractivity contribution in [2.75, 3.05) is 21.0 Å². The quantitative estimate of drug-likeness (QED) is 0.387. The van der Waals surface area contributed by atoms with Gasteiger partial charge in [-0.1, -0.05) is 30.3 Å². The first kappa shape index (κ1) is 20.3. The lowest BCUT2D eigenvalue weighted by atomic mass is 10.1. The van der Waals surface area contributed by atoms with Crippen LogP contribution in [0.2, 0.25) is 0 Å². The SMILES string of the molecule is CN=C(NCc1ccc(COC)cc1)NCc1ccc2c(c1)OCO2.I. The van der Waals surface area contributed by atoms with Gasteiger partial charge in [-0.15, -0.1) is 24.0 Å². The van der Waals surface area contributed by atoms with Crippen molar-refractivity contribution in [2.24, 2.45) is 4.99 Å². The summed E-state index contributed by atoms with van der Waals surface area (Å²) >= 11 is 0. The third-order valence-electron chi connectivity index (χ3n) is 3.91. The zero-order valence-electron chi connectivity index (χ0n) is 15.0. The van der Waals surface area contributed by atoms with Crippen molar-refractivity contribution in [1.82, 2.24) is 10.6 Å². The van der Waals surface area contributed by atoms with Crippen molar-refractivity contribution in [3.63, 3.8) is 0 Å². The van der Waals surface area contributed by atoms with Gasteiger partial charge in [-0.2, -0.15) is 0 Å². The van der Waals surface area contributed by atoms with Crippen LogP contribution in [0.3, 0.4) is 0 Å². The van der Waals surface area contributed by atoms with Crippen molar-refractivity contribution in [2.45, 2.75) is 19.7 Å². The third kappa shape index (κ3) is 5.50. The molecule has 0 unspecified atom stereocenters. The molecule has 0 saturated heterocycles. The summed E-state index contributed by atoms with van der Waals surface area (Å²) in [5.74, 6) is 2.33. The van der Waals surface area contributed by atoms with E-state index in [0.717, 1.165) is 28.6 Å². The Hall–Kier alpha value is -2.00. The minimum absolute atomic E-state index is 0. The minimum Gasteiger partial charge on any atom is -0.454 e. The van der Waals surface area contributed by atoms with Crippen LogP contribution >= 0.6 is 24.0 Å². The highest BCUT2D eigenvalue weighted by Crippen LogP contribution is 2.32. The van der Waals surface area contributed by atoms with E-state index in [1.807, 2.05) is 18.2 Å². The molecule has 26 heavy (non-hydrogen) atoms. The van der Waals surface area contributed by atoms with E-state index in [-0.39, 0.29) is 24.0 Å². The minimum atomic E-state index is 0. The Morgan fingerprint density at radius 3 is 2.27 bits per heavy atom. The summed E-state index contributed by atoms with van der Waals surface area (Å²) in [6, 6.07) is 14.3. The van der Waals surface area contributed by atoms with Gasteiger partial charge in [-0.25, -0.2) is 0 Å². The Morgan fingerprint density at radius 1 is 0.962 bits per heavy atom. The molecule has 0 spiro atoms. The van der Waals surface area contributed by atoms with Crippen LogP contribution in [0.1, 0.15) is 16.7 Å². The van der Waals surface area contributed by atoms with Crippen molar-refractivity contribution in [3.8, 4) is 11.5 Å². The van der Waals surface area contributed by atoms with Crippen LogP contribution in [0.5, 0.6) is 11.5 Å². The molecule has 6 nitrogen and oxygen atoms in total. The Labute approximate surface area is 171 Å². The molecule has 0 bridgehead atoms. The number of guanidine groups is 1. The van der Waals surface area contributed by atoms with E-state index in [9.17, 15) is 0 Å². The number of aliphatic imine (C=N–C) groups is 1. The normalized spacial score (nSPS) is 12.5. The van der Waals surface area contributed by atoms with Gasteiger partial charge in [-0.05, 0) is 28.8 Å². The number of nitrogens with zero attached hydrogens (tertiary/aromatic N) is 1. The largest absolute Gasteiger partial charge is 0.454 e. The number of ether oxygens (including phenoxy) is 3. The lowest BCUT2D eigenvalue weighted by Crippen LogP contribution is -2.36. The first-order chi connectivity index (χ1) is 12.3. The average molecular weight is 469 g/mol. The maximum Gasteiger partial charge on any atom is 0.231 e. The van der Waals surface area contributed by atoms with E-state index in [1.165, 1.54) is 5.56 Å². The summed E-state index contributed by atoms with van der Waals surface area (Å²) in [5, 5.41) is 6.61. The molecule has 1 heterocycles. The Morgan fingerprint density at radius 2 is 1.58 bits per heavy atom. The van der Waals surface area contributed by atoms with E-state index < -0.39 is 0 Å². The van der Waals surface area contributed by atoms with Gasteiger partial charge in [0.1, 0.15) is 0 Å². The topological polar surface area (TPSA) is 64.1 Å². The maximum absolute atomic E-state index is 5.40. The number of rotatable bonds is 6. The number of methoxy groups -OCH3 is 1. The molecule has 0 fully saturated rings. The molecule has 2 N–H and O–H groups in total. The zero-order valence-corrected chi connectivity index (χ0v) is 17.3. The summed E-state index contributed by atoms with van der Waals surface area (Å²) in [6.45, 7) is 2.28. The summed E-state index contributed by atoms with van der Waals surface area (Å²) in [6.07, 6.45) is 0. The Kier molecular flexibility index (Phi) is 7.99. The number of nitrogens with one attached hydrogen (secondary N) is 2. The lowest BCUT2D eigenvalue weighted by Gasteiger charge is -2.12. The van der Waals surface area contributed by atoms with Crippen molar-refractivity contribution in [3.05, 3.63) is 59.2 Å². The predicted molar refractivity (Wildman–Crippen MR) is 112 cm³/mol. The number of benzene rings is 2. The molecule has 2 aromatic carbocycles. The molecule has 0 saturated carbocycles. The van der Waals surface area contributed by atoms with Crippen LogP contribution in [-0.4, -0.2) is 26.9 Å². The molecular weight excluding hydrogens is 445 g/mol. The monoisotopic (exact) mass is 469 g/mol. The summed E-state index contributed by atoms with van der Waals surface area (Å²) in [7, 11) is 3.46. The molecule has 0 atom stereocenters. The maximum atomic E-state index is 5.40. The number of hydrogen-bond acceptors (Lipinski definition) is 4. The summed E-state index contributed by atoms with van der Waals surface area (Å²) < 4.78 is 15.8. The van der Waals surface area contributed by atoms with Gasteiger partial charge in [0.2, 0.25) is 6.79 Å². The van der Waals surface area contributed by atoms with Crippen LogP contribution in [-0.2, 0) is 24.4 Å². The fourth-order valence-corrected chi connectivity index (χ4v) is 2.56. The first-order valence-corrected chi connectivity index (χ1v) is 8.18. The van der Waals surface area contributed by atoms with E-state index >= 15 is 0 Å². The molecule has 0 aliphatic carbocycles. The fourth-order valence-electron chi connectivity index (χ4n) is 2.56. The average Bonchev–Trinajstić information content (AvgIpc) is 3.11. The Balaban J connectivity index is 0.00000243. The number of halogens is 1. The molecule has 1 aliphatic heterocycles. The van der Waals surface area contributed by atoms with Crippen LogP contribution in [0, 0.1) is 0 Å². The van der Waals surface area contributed by atoms with E-state index in [2.05, 4.69) is 39.9 Å². The van der Waals surface area contributed by atoms with Gasteiger partial charge >= 0.3 is 0 Å². The van der Waals surface area contributed by atoms with Crippen molar-refractivity contribution in [1.29, 1.82) is 0 Å². The van der Waals surface area contributed by atoms with Gasteiger partial charge in [-0.3, -0.25) is 4.99 Å². The van der Waals surface area contributed by atoms with Gasteiger partial charge in [0, 0.05) is 27.2 Å². The van der Waals surface area contributed by atoms with E-state index in [4.69, 9.17) is 14.2 Å². The van der Waals surface area contributed by atoms with Crippen LogP contribution < -0.4 is 20.1 Å². The summed E-state index contributed by atoms with van der Waals surface area (Å²) in [5.41, 5.74) is 3.46. The van der Waals surface area contributed by atoms with Gasteiger partial charge in [0.15, 0.2) is 17.5 Å². The number of fused-ring (bicyclic) bond motifs is 1. The lowest BCUT2D eigenvalue weighted by molar-refractivity contribution is 0.174. The molecule has 0 amide bonds. The first-order valence-electron chi connectivity index (χ1n) is 8.18. The van der Waals surface area contributed by atoms with Gasteiger partial charge in [0.25, 0.3) is 0 Å². The highest BCUT2D eigenvalue weighted by molar-refractivity contribution is 14.0. The van der Waals surface area contributed by atoms with Gasteiger partial charge in [0.05, 0.1) is 6.61 Å². The molecule has 3 rings (SSSR count).